The number of nitrogens with zero attached hydrogens (tertiary/aromatic N) is 2. The van der Waals surface area contributed by atoms with Gasteiger partial charge in [-0.2, -0.15) is 13.2 Å². The topological polar surface area (TPSA) is 52.0 Å². The highest BCUT2D eigenvalue weighted by Crippen LogP contribution is 2.33. The van der Waals surface area contributed by atoms with Crippen LogP contribution in [0.2, 0.25) is 5.28 Å². The molecule has 0 atom stereocenters. The SMILES string of the molecule is O=CCn1c(Cl)nc2c(C(F)(F)F)cccc2c1=O. The minimum Gasteiger partial charge on any atom is -0.301 e. The smallest absolute Gasteiger partial charge is 0.301 e. The maximum Gasteiger partial charge on any atom is 0.418 e. The number of fused-ring (bicyclic) bond motifs is 1. The predicted molar refractivity (Wildman–Crippen MR) is 62.1 cm³/mol. The summed E-state index contributed by atoms with van der Waals surface area (Å²) in [4.78, 5) is 25.9. The van der Waals surface area contributed by atoms with Gasteiger partial charge in [0.1, 0.15) is 6.29 Å². The molecule has 0 radical (unpaired) electrons. The second-order valence-corrected chi connectivity index (χ2v) is 4.00. The van der Waals surface area contributed by atoms with Crippen LogP contribution in [0.5, 0.6) is 0 Å². The number of carbonyl (C=O) groups excluding carboxylic acids is 1. The molecule has 1 heterocycles. The molecule has 0 unspecified atom stereocenters. The number of hydrogen-bond donors (Lipinski definition) is 0. The number of para-hydroxylation sites is 1. The summed E-state index contributed by atoms with van der Waals surface area (Å²) < 4.78 is 39.1. The van der Waals surface area contributed by atoms with E-state index in [1.54, 1.807) is 0 Å². The lowest BCUT2D eigenvalue weighted by molar-refractivity contribution is -0.136. The minimum absolute atomic E-state index is 0.235. The Labute approximate surface area is 109 Å². The van der Waals surface area contributed by atoms with Crippen LogP contribution in [-0.2, 0) is 17.5 Å². The Morgan fingerprint density at radius 1 is 1.37 bits per heavy atom. The van der Waals surface area contributed by atoms with Gasteiger partial charge in [-0.1, -0.05) is 6.07 Å². The second-order valence-electron chi connectivity index (χ2n) is 3.66. The standard InChI is InChI=1S/C11H6ClF3N2O2/c12-10-16-8-6(9(19)17(10)4-5-18)2-1-3-7(8)11(13,14)15/h1-3,5H,4H2. The molecule has 0 saturated heterocycles. The summed E-state index contributed by atoms with van der Waals surface area (Å²) >= 11 is 5.63. The van der Waals surface area contributed by atoms with E-state index in [-0.39, 0.29) is 11.9 Å². The minimum atomic E-state index is -4.64. The second kappa shape index (κ2) is 4.65. The Hall–Kier alpha value is -1.89. The molecule has 0 aliphatic rings. The zero-order valence-electron chi connectivity index (χ0n) is 9.24. The molecule has 0 fully saturated rings. The molecule has 0 amide bonds. The molecule has 2 rings (SSSR count). The van der Waals surface area contributed by atoms with Crippen molar-refractivity contribution < 1.29 is 18.0 Å². The number of aldehydes is 1. The van der Waals surface area contributed by atoms with Gasteiger partial charge in [0, 0.05) is 0 Å². The summed E-state index contributed by atoms with van der Waals surface area (Å²) in [6, 6.07) is 3.13. The normalized spacial score (nSPS) is 11.8. The van der Waals surface area contributed by atoms with Crippen molar-refractivity contribution in [2.45, 2.75) is 12.7 Å². The first kappa shape index (κ1) is 13.5. The Morgan fingerprint density at radius 3 is 2.63 bits per heavy atom. The Balaban J connectivity index is 2.88. The lowest BCUT2D eigenvalue weighted by Crippen LogP contribution is -2.24. The van der Waals surface area contributed by atoms with E-state index in [1.165, 1.54) is 6.07 Å². The average Bonchev–Trinajstić information content (AvgIpc) is 2.32. The molecule has 1 aromatic carbocycles. The predicted octanol–water partition coefficient (Wildman–Crippen LogP) is 2.27. The first-order valence-electron chi connectivity index (χ1n) is 5.06. The largest absolute Gasteiger partial charge is 0.418 e. The van der Waals surface area contributed by atoms with Gasteiger partial charge in [0.25, 0.3) is 5.56 Å². The lowest BCUT2D eigenvalue weighted by Gasteiger charge is -2.11. The number of carbonyl (C=O) groups is 1. The van der Waals surface area contributed by atoms with Gasteiger partial charge in [-0.15, -0.1) is 0 Å². The fourth-order valence-corrected chi connectivity index (χ4v) is 1.91. The summed E-state index contributed by atoms with van der Waals surface area (Å²) in [6.45, 7) is -0.364. The molecule has 0 spiro atoms. The lowest BCUT2D eigenvalue weighted by atomic mass is 10.1. The fraction of sp³-hybridized carbons (Fsp3) is 0.182. The molecule has 0 N–H and O–H groups in total. The van der Waals surface area contributed by atoms with E-state index < -0.39 is 28.1 Å². The molecule has 0 aliphatic heterocycles. The molecular formula is C11H6ClF3N2O2. The third-order valence-corrected chi connectivity index (χ3v) is 2.79. The van der Waals surface area contributed by atoms with Gasteiger partial charge >= 0.3 is 6.18 Å². The van der Waals surface area contributed by atoms with Crippen LogP contribution in [0.3, 0.4) is 0 Å². The van der Waals surface area contributed by atoms with Gasteiger partial charge in [0.2, 0.25) is 5.28 Å². The Bertz CT molecular complexity index is 709. The van der Waals surface area contributed by atoms with Crippen molar-refractivity contribution in [2.75, 3.05) is 0 Å². The van der Waals surface area contributed by atoms with Gasteiger partial charge in [0.15, 0.2) is 0 Å². The summed E-state index contributed by atoms with van der Waals surface area (Å²) in [5.74, 6) is 0. The number of hydrogen-bond acceptors (Lipinski definition) is 3. The monoisotopic (exact) mass is 290 g/mol. The van der Waals surface area contributed by atoms with Gasteiger partial charge in [0.05, 0.1) is 23.0 Å². The van der Waals surface area contributed by atoms with Gasteiger partial charge in [-0.05, 0) is 23.7 Å². The van der Waals surface area contributed by atoms with Crippen LogP contribution >= 0.6 is 11.6 Å². The molecule has 0 bridgehead atoms. The van der Waals surface area contributed by atoms with Gasteiger partial charge in [-0.3, -0.25) is 9.36 Å². The highest BCUT2D eigenvalue weighted by Gasteiger charge is 2.33. The van der Waals surface area contributed by atoms with Gasteiger partial charge < -0.3 is 4.79 Å². The average molecular weight is 291 g/mol. The van der Waals surface area contributed by atoms with E-state index in [4.69, 9.17) is 11.6 Å². The number of halogens is 4. The van der Waals surface area contributed by atoms with Crippen LogP contribution in [0.25, 0.3) is 10.9 Å². The first-order chi connectivity index (χ1) is 8.86. The molecule has 0 aliphatic carbocycles. The zero-order valence-corrected chi connectivity index (χ0v) is 10.00. The molecule has 0 saturated carbocycles. The van der Waals surface area contributed by atoms with Crippen LogP contribution in [0, 0.1) is 0 Å². The van der Waals surface area contributed by atoms with Crippen molar-refractivity contribution in [1.29, 1.82) is 0 Å². The molecule has 4 nitrogen and oxygen atoms in total. The third kappa shape index (κ3) is 2.33. The molecule has 1 aromatic heterocycles. The molecule has 8 heteroatoms. The van der Waals surface area contributed by atoms with Crippen LogP contribution in [0.15, 0.2) is 23.0 Å². The van der Waals surface area contributed by atoms with Crippen LogP contribution < -0.4 is 5.56 Å². The van der Waals surface area contributed by atoms with Crippen molar-refractivity contribution in [3.05, 3.63) is 39.4 Å². The van der Waals surface area contributed by atoms with E-state index in [0.29, 0.717) is 6.29 Å². The van der Waals surface area contributed by atoms with Crippen LogP contribution in [0.4, 0.5) is 13.2 Å². The molecule has 19 heavy (non-hydrogen) atoms. The Kier molecular flexibility index (Phi) is 3.32. The maximum atomic E-state index is 12.8. The highest BCUT2D eigenvalue weighted by molar-refractivity contribution is 6.28. The van der Waals surface area contributed by atoms with Gasteiger partial charge in [-0.25, -0.2) is 4.98 Å². The number of rotatable bonds is 2. The molecule has 100 valence electrons. The van der Waals surface area contributed by atoms with Crippen LogP contribution in [0.1, 0.15) is 5.56 Å². The van der Waals surface area contributed by atoms with Crippen molar-refractivity contribution in [2.24, 2.45) is 0 Å². The van der Waals surface area contributed by atoms with E-state index in [0.717, 1.165) is 16.7 Å². The van der Waals surface area contributed by atoms with E-state index in [1.807, 2.05) is 0 Å². The molecular weight excluding hydrogens is 285 g/mol. The van der Waals surface area contributed by atoms with E-state index >= 15 is 0 Å². The summed E-state index contributed by atoms with van der Waals surface area (Å²) in [5.41, 5.74) is -2.34. The zero-order chi connectivity index (χ0) is 14.2. The molecule has 2 aromatic rings. The number of benzene rings is 1. The Morgan fingerprint density at radius 2 is 2.05 bits per heavy atom. The number of alkyl halides is 3. The fourth-order valence-electron chi connectivity index (χ4n) is 1.68. The van der Waals surface area contributed by atoms with Crippen molar-refractivity contribution in [3.8, 4) is 0 Å². The van der Waals surface area contributed by atoms with Crippen LogP contribution in [-0.4, -0.2) is 15.8 Å². The summed E-state index contributed by atoms with van der Waals surface area (Å²) in [7, 11) is 0. The third-order valence-electron chi connectivity index (χ3n) is 2.50. The first-order valence-corrected chi connectivity index (χ1v) is 5.44. The van der Waals surface area contributed by atoms with E-state index in [9.17, 15) is 22.8 Å². The number of aromatic nitrogens is 2. The van der Waals surface area contributed by atoms with E-state index in [2.05, 4.69) is 4.98 Å². The van der Waals surface area contributed by atoms with Crippen molar-refractivity contribution in [3.63, 3.8) is 0 Å². The highest BCUT2D eigenvalue weighted by atomic mass is 35.5. The summed E-state index contributed by atoms with van der Waals surface area (Å²) in [5, 5.41) is -0.692. The van der Waals surface area contributed by atoms with Crippen molar-refractivity contribution in [1.82, 2.24) is 9.55 Å². The summed E-state index contributed by atoms with van der Waals surface area (Å²) in [6.07, 6.45) is -4.23. The van der Waals surface area contributed by atoms with Crippen molar-refractivity contribution >= 4 is 28.8 Å². The maximum absolute atomic E-state index is 12.8. The quantitative estimate of drug-likeness (QED) is 0.630.